The van der Waals surface area contributed by atoms with Crippen LogP contribution in [0, 0.1) is 0 Å². The molecule has 0 atom stereocenters. The molecule has 166 valence electrons. The van der Waals surface area contributed by atoms with Crippen LogP contribution in [0.3, 0.4) is 0 Å². The Morgan fingerprint density at radius 2 is 1.84 bits per heavy atom. The molecule has 11 heteroatoms. The fourth-order valence-corrected chi connectivity index (χ4v) is 4.28. The number of nitrogens with zero attached hydrogens (tertiary/aromatic N) is 1. The Morgan fingerprint density at radius 3 is 2.53 bits per heavy atom. The van der Waals surface area contributed by atoms with Gasteiger partial charge in [0.25, 0.3) is 11.8 Å². The minimum absolute atomic E-state index is 0.0128. The molecule has 0 aromatic heterocycles. The van der Waals surface area contributed by atoms with Gasteiger partial charge in [0, 0.05) is 27.8 Å². The maximum Gasteiger partial charge on any atom is 0.305 e. The number of ether oxygens (including phenoxy) is 1. The minimum Gasteiger partial charge on any atom is -0.483 e. The Kier molecular flexibility index (Phi) is 8.14. The van der Waals surface area contributed by atoms with Gasteiger partial charge in [-0.2, -0.15) is 0 Å². The Morgan fingerprint density at radius 1 is 1.16 bits per heavy atom. The van der Waals surface area contributed by atoms with Gasteiger partial charge in [-0.15, -0.1) is 0 Å². The number of aliphatic carboxylic acids is 1. The van der Waals surface area contributed by atoms with Crippen molar-refractivity contribution in [3.63, 3.8) is 0 Å². The van der Waals surface area contributed by atoms with E-state index in [9.17, 15) is 14.4 Å². The SMILES string of the molecule is O=C(O)CCN1C(=O)/C(=C/c2cc(Cl)ccc2OCC(=O)Nc2ccc(Cl)cc2)SC1=S. The number of anilines is 1. The van der Waals surface area contributed by atoms with Gasteiger partial charge in [-0.1, -0.05) is 47.2 Å². The fraction of sp³-hybridized carbons (Fsp3) is 0.143. The third kappa shape index (κ3) is 6.46. The van der Waals surface area contributed by atoms with E-state index in [1.807, 2.05) is 0 Å². The summed E-state index contributed by atoms with van der Waals surface area (Å²) in [6.45, 7) is -0.286. The summed E-state index contributed by atoms with van der Waals surface area (Å²) in [6, 6.07) is 11.4. The number of benzene rings is 2. The lowest BCUT2D eigenvalue weighted by Crippen LogP contribution is -2.30. The molecule has 1 aliphatic rings. The molecule has 1 fully saturated rings. The topological polar surface area (TPSA) is 95.9 Å². The summed E-state index contributed by atoms with van der Waals surface area (Å²) in [7, 11) is 0. The summed E-state index contributed by atoms with van der Waals surface area (Å²) in [5.74, 6) is -1.46. The molecule has 2 amide bonds. The zero-order valence-corrected chi connectivity index (χ0v) is 19.5. The van der Waals surface area contributed by atoms with E-state index in [-0.39, 0.29) is 29.8 Å². The summed E-state index contributed by atoms with van der Waals surface area (Å²) >= 11 is 18.2. The lowest BCUT2D eigenvalue weighted by atomic mass is 10.2. The van der Waals surface area contributed by atoms with Crippen molar-refractivity contribution in [2.24, 2.45) is 0 Å². The zero-order valence-electron chi connectivity index (χ0n) is 16.3. The van der Waals surface area contributed by atoms with Crippen molar-refractivity contribution < 1.29 is 24.2 Å². The molecular weight excluding hydrogens is 495 g/mol. The number of carboxylic acids is 1. The van der Waals surface area contributed by atoms with Crippen molar-refractivity contribution >= 4 is 81.0 Å². The quantitative estimate of drug-likeness (QED) is 0.392. The molecule has 2 aromatic rings. The molecule has 1 saturated heterocycles. The number of thiocarbonyl (C=S) groups is 1. The van der Waals surface area contributed by atoms with Crippen LogP contribution in [0.15, 0.2) is 47.4 Å². The van der Waals surface area contributed by atoms with Crippen LogP contribution in [-0.4, -0.2) is 45.3 Å². The van der Waals surface area contributed by atoms with Crippen LogP contribution in [0.1, 0.15) is 12.0 Å². The first kappa shape index (κ1) is 24.1. The second-order valence-corrected chi connectivity index (χ2v) is 9.05. The molecule has 0 bridgehead atoms. The predicted octanol–water partition coefficient (Wildman–Crippen LogP) is 4.69. The van der Waals surface area contributed by atoms with E-state index in [1.165, 1.54) is 4.90 Å². The molecule has 1 heterocycles. The van der Waals surface area contributed by atoms with Crippen molar-refractivity contribution in [3.8, 4) is 5.75 Å². The van der Waals surface area contributed by atoms with Gasteiger partial charge in [0.15, 0.2) is 6.61 Å². The smallest absolute Gasteiger partial charge is 0.305 e. The van der Waals surface area contributed by atoms with E-state index in [2.05, 4.69) is 5.32 Å². The van der Waals surface area contributed by atoms with E-state index < -0.39 is 11.9 Å². The first-order chi connectivity index (χ1) is 15.2. The van der Waals surface area contributed by atoms with E-state index in [0.29, 0.717) is 32.0 Å². The number of thioether (sulfide) groups is 1. The number of rotatable bonds is 8. The van der Waals surface area contributed by atoms with Gasteiger partial charge in [0.2, 0.25) is 0 Å². The van der Waals surface area contributed by atoms with Gasteiger partial charge in [-0.25, -0.2) is 0 Å². The standard InChI is InChI=1S/C21H16Cl2N2O5S2/c22-13-1-4-15(5-2-13)24-18(26)11-30-16-6-3-14(23)9-12(16)10-17-20(29)25(21(31)32-17)8-7-19(27)28/h1-6,9-10H,7-8,11H2,(H,24,26)(H,27,28)/b17-10-. The molecular formula is C21H16Cl2N2O5S2. The number of halogens is 2. The normalized spacial score (nSPS) is 14.7. The first-order valence-electron chi connectivity index (χ1n) is 9.18. The van der Waals surface area contributed by atoms with E-state index in [4.69, 9.17) is 45.3 Å². The maximum atomic E-state index is 12.6. The largest absolute Gasteiger partial charge is 0.483 e. The first-order valence-corrected chi connectivity index (χ1v) is 11.2. The molecule has 0 unspecified atom stereocenters. The number of carbonyl (C=O) groups is 3. The van der Waals surface area contributed by atoms with Gasteiger partial charge in [-0.3, -0.25) is 19.3 Å². The van der Waals surface area contributed by atoms with Crippen LogP contribution >= 0.6 is 47.2 Å². The van der Waals surface area contributed by atoms with Gasteiger partial charge >= 0.3 is 5.97 Å². The van der Waals surface area contributed by atoms with Crippen molar-refractivity contribution in [3.05, 3.63) is 63.0 Å². The number of hydrogen-bond acceptors (Lipinski definition) is 6. The lowest BCUT2D eigenvalue weighted by Gasteiger charge is -2.12. The lowest BCUT2D eigenvalue weighted by molar-refractivity contribution is -0.137. The molecule has 0 saturated carbocycles. The molecule has 1 aliphatic heterocycles. The van der Waals surface area contributed by atoms with Crippen LogP contribution in [0.25, 0.3) is 6.08 Å². The number of amides is 2. The third-order valence-electron chi connectivity index (χ3n) is 4.17. The molecule has 2 aromatic carbocycles. The fourth-order valence-electron chi connectivity index (χ4n) is 2.68. The maximum absolute atomic E-state index is 12.6. The second kappa shape index (κ2) is 10.8. The predicted molar refractivity (Wildman–Crippen MR) is 129 cm³/mol. The summed E-state index contributed by atoms with van der Waals surface area (Å²) in [4.78, 5) is 37.2. The van der Waals surface area contributed by atoms with Crippen LogP contribution in [0.5, 0.6) is 5.75 Å². The van der Waals surface area contributed by atoms with Gasteiger partial charge < -0.3 is 15.2 Å². The summed E-state index contributed by atoms with van der Waals surface area (Å²) in [5, 5.41) is 12.5. The number of carboxylic acid groups (broad SMARTS) is 1. The third-order valence-corrected chi connectivity index (χ3v) is 6.03. The highest BCUT2D eigenvalue weighted by Gasteiger charge is 2.32. The number of nitrogens with one attached hydrogen (secondary N) is 1. The second-order valence-electron chi connectivity index (χ2n) is 6.50. The highest BCUT2D eigenvalue weighted by atomic mass is 35.5. The number of hydrogen-bond donors (Lipinski definition) is 2. The average molecular weight is 511 g/mol. The van der Waals surface area contributed by atoms with Gasteiger partial charge in [0.05, 0.1) is 11.3 Å². The van der Waals surface area contributed by atoms with Crippen molar-refractivity contribution in [1.29, 1.82) is 0 Å². The highest BCUT2D eigenvalue weighted by molar-refractivity contribution is 8.26. The van der Waals surface area contributed by atoms with E-state index >= 15 is 0 Å². The summed E-state index contributed by atoms with van der Waals surface area (Å²) in [6.07, 6.45) is 1.34. The minimum atomic E-state index is -1.02. The molecule has 7 nitrogen and oxygen atoms in total. The average Bonchev–Trinajstić information content (AvgIpc) is 3.00. The molecule has 2 N–H and O–H groups in total. The van der Waals surface area contributed by atoms with Crippen LogP contribution in [-0.2, 0) is 14.4 Å². The summed E-state index contributed by atoms with van der Waals surface area (Å²) in [5.41, 5.74) is 1.06. The molecule has 0 aliphatic carbocycles. The molecule has 3 rings (SSSR count). The Labute approximate surface area is 203 Å². The Bertz CT molecular complexity index is 1110. The van der Waals surface area contributed by atoms with Crippen molar-refractivity contribution in [2.75, 3.05) is 18.5 Å². The van der Waals surface area contributed by atoms with E-state index in [1.54, 1.807) is 48.5 Å². The Hall–Kier alpha value is -2.59. The van der Waals surface area contributed by atoms with Crippen LogP contribution in [0.2, 0.25) is 10.0 Å². The monoisotopic (exact) mass is 510 g/mol. The van der Waals surface area contributed by atoms with E-state index in [0.717, 1.165) is 11.8 Å². The van der Waals surface area contributed by atoms with Crippen molar-refractivity contribution in [1.82, 2.24) is 4.90 Å². The van der Waals surface area contributed by atoms with Crippen LogP contribution in [0.4, 0.5) is 5.69 Å². The summed E-state index contributed by atoms with van der Waals surface area (Å²) < 4.78 is 5.91. The van der Waals surface area contributed by atoms with Gasteiger partial charge in [-0.05, 0) is 48.5 Å². The molecule has 0 spiro atoms. The van der Waals surface area contributed by atoms with Crippen LogP contribution < -0.4 is 10.1 Å². The zero-order chi connectivity index (χ0) is 23.3. The molecule has 32 heavy (non-hydrogen) atoms. The van der Waals surface area contributed by atoms with Crippen molar-refractivity contribution in [2.45, 2.75) is 6.42 Å². The number of carbonyl (C=O) groups excluding carboxylic acids is 2. The van der Waals surface area contributed by atoms with Gasteiger partial charge in [0.1, 0.15) is 10.1 Å². The highest BCUT2D eigenvalue weighted by Crippen LogP contribution is 2.35. The molecule has 0 radical (unpaired) electrons. The Balaban J connectivity index is 1.71.